The lowest BCUT2D eigenvalue weighted by molar-refractivity contribution is -0.387. The van der Waals surface area contributed by atoms with Crippen molar-refractivity contribution in [1.82, 2.24) is 0 Å². The highest BCUT2D eigenvalue weighted by Gasteiger charge is 2.16. The third-order valence-electron chi connectivity index (χ3n) is 2.03. The van der Waals surface area contributed by atoms with Crippen LogP contribution in [0.25, 0.3) is 0 Å². The number of nitrogen functional groups attached to an aromatic ring is 1. The van der Waals surface area contributed by atoms with Gasteiger partial charge >= 0.3 is 0 Å². The number of benzene rings is 1. The maximum Gasteiger partial charge on any atom is 0.284 e. The molecular weight excluding hydrogens is 248 g/mol. The highest BCUT2D eigenvalue weighted by Crippen LogP contribution is 2.35. The molecule has 0 spiro atoms. The quantitative estimate of drug-likeness (QED) is 0.288. The summed E-state index contributed by atoms with van der Waals surface area (Å²) in [6, 6.07) is 2.88. The molecule has 0 heterocycles. The van der Waals surface area contributed by atoms with Gasteiger partial charge in [-0.15, -0.1) is 11.8 Å². The maximum absolute atomic E-state index is 10.8. The van der Waals surface area contributed by atoms with Crippen LogP contribution in [0.15, 0.2) is 17.0 Å². The average Bonchev–Trinajstić information content (AvgIpc) is 2.23. The summed E-state index contributed by atoms with van der Waals surface area (Å²) >= 11 is 7.20. The zero-order valence-electron chi connectivity index (χ0n) is 8.90. The number of hydrogen-bond acceptors (Lipinski definition) is 4. The van der Waals surface area contributed by atoms with E-state index in [9.17, 15) is 10.1 Å². The Balaban J connectivity index is 2.95. The average molecular weight is 261 g/mol. The molecule has 1 aromatic carbocycles. The molecule has 4 nitrogen and oxygen atoms in total. The first-order chi connectivity index (χ1) is 7.56. The van der Waals surface area contributed by atoms with Crippen LogP contribution >= 0.6 is 23.4 Å². The Morgan fingerprint density at radius 3 is 2.81 bits per heavy atom. The van der Waals surface area contributed by atoms with E-state index in [0.717, 1.165) is 18.6 Å². The van der Waals surface area contributed by atoms with Crippen molar-refractivity contribution < 1.29 is 4.92 Å². The van der Waals surface area contributed by atoms with Gasteiger partial charge in [-0.25, -0.2) is 0 Å². The van der Waals surface area contributed by atoms with Gasteiger partial charge in [0.1, 0.15) is 0 Å². The van der Waals surface area contributed by atoms with Gasteiger partial charge in [-0.1, -0.05) is 24.9 Å². The normalized spacial score (nSPS) is 10.4. The van der Waals surface area contributed by atoms with Crippen LogP contribution < -0.4 is 5.73 Å². The number of nitrogens with zero attached hydrogens (tertiary/aromatic N) is 1. The van der Waals surface area contributed by atoms with Crippen LogP contribution in [0.5, 0.6) is 0 Å². The number of thioether (sulfide) groups is 1. The zero-order valence-corrected chi connectivity index (χ0v) is 10.5. The molecule has 2 N–H and O–H groups in total. The van der Waals surface area contributed by atoms with Gasteiger partial charge in [-0.3, -0.25) is 10.1 Å². The number of nitrogens with two attached hydrogens (primary N) is 1. The van der Waals surface area contributed by atoms with Gasteiger partial charge in [0, 0.05) is 6.07 Å². The molecule has 0 bridgehead atoms. The van der Waals surface area contributed by atoms with Crippen molar-refractivity contribution in [3.05, 3.63) is 27.3 Å². The van der Waals surface area contributed by atoms with Crippen molar-refractivity contribution in [2.75, 3.05) is 11.5 Å². The Bertz CT molecular complexity index is 399. The smallest absolute Gasteiger partial charge is 0.284 e. The lowest BCUT2D eigenvalue weighted by Gasteiger charge is -2.05. The van der Waals surface area contributed by atoms with Crippen LogP contribution in [0, 0.1) is 10.1 Å². The largest absolute Gasteiger partial charge is 0.397 e. The summed E-state index contributed by atoms with van der Waals surface area (Å²) in [6.07, 6.45) is 2.08. The Labute approximate surface area is 103 Å². The zero-order chi connectivity index (χ0) is 12.1. The van der Waals surface area contributed by atoms with E-state index in [1.807, 2.05) is 0 Å². The minimum Gasteiger partial charge on any atom is -0.397 e. The number of nitro groups is 1. The Morgan fingerprint density at radius 1 is 1.56 bits per heavy atom. The topological polar surface area (TPSA) is 69.2 Å². The van der Waals surface area contributed by atoms with Crippen LogP contribution in [-0.4, -0.2) is 10.7 Å². The molecule has 0 aliphatic carbocycles. The Kier molecular flexibility index (Phi) is 4.89. The summed E-state index contributed by atoms with van der Waals surface area (Å²) in [7, 11) is 0. The number of nitro benzene ring substituents is 1. The summed E-state index contributed by atoms with van der Waals surface area (Å²) in [5.41, 5.74) is 6.03. The van der Waals surface area contributed by atoms with Crippen LogP contribution in [0.1, 0.15) is 19.8 Å². The minimum absolute atomic E-state index is 0.0281. The summed E-state index contributed by atoms with van der Waals surface area (Å²) < 4.78 is 0. The minimum atomic E-state index is -0.431. The highest BCUT2D eigenvalue weighted by atomic mass is 35.5. The lowest BCUT2D eigenvalue weighted by Crippen LogP contribution is -1.95. The molecule has 88 valence electrons. The molecule has 0 amide bonds. The number of halogens is 1. The van der Waals surface area contributed by atoms with E-state index in [0.29, 0.717) is 10.6 Å². The second kappa shape index (κ2) is 5.96. The third-order valence-corrected chi connectivity index (χ3v) is 3.49. The van der Waals surface area contributed by atoms with E-state index in [1.165, 1.54) is 17.8 Å². The van der Waals surface area contributed by atoms with Crippen LogP contribution in [0.2, 0.25) is 5.02 Å². The van der Waals surface area contributed by atoms with Gasteiger partial charge in [-0.05, 0) is 18.2 Å². The van der Waals surface area contributed by atoms with Crippen molar-refractivity contribution in [1.29, 1.82) is 0 Å². The van der Waals surface area contributed by atoms with Crippen molar-refractivity contribution in [2.45, 2.75) is 24.7 Å². The predicted octanol–water partition coefficient (Wildman–Crippen LogP) is 3.72. The van der Waals surface area contributed by atoms with Gasteiger partial charge in [0.25, 0.3) is 5.69 Å². The SMILES string of the molecule is CCCCSc1cc(N)c(Cl)cc1[N+](=O)[O-]. The predicted molar refractivity (Wildman–Crippen MR) is 68.2 cm³/mol. The summed E-state index contributed by atoms with van der Waals surface area (Å²) in [6.45, 7) is 2.07. The molecule has 0 radical (unpaired) electrons. The molecule has 16 heavy (non-hydrogen) atoms. The van der Waals surface area contributed by atoms with Gasteiger partial charge in [-0.2, -0.15) is 0 Å². The molecule has 0 saturated carbocycles. The van der Waals surface area contributed by atoms with Crippen LogP contribution in [0.3, 0.4) is 0 Å². The van der Waals surface area contributed by atoms with E-state index in [2.05, 4.69) is 6.92 Å². The molecule has 0 unspecified atom stereocenters. The highest BCUT2D eigenvalue weighted by molar-refractivity contribution is 7.99. The first-order valence-electron chi connectivity index (χ1n) is 4.92. The summed E-state index contributed by atoms with van der Waals surface area (Å²) in [5.74, 6) is 0.846. The maximum atomic E-state index is 10.8. The van der Waals surface area contributed by atoms with E-state index < -0.39 is 4.92 Å². The first-order valence-corrected chi connectivity index (χ1v) is 6.28. The molecule has 0 aromatic heterocycles. The van der Waals surface area contributed by atoms with Crippen molar-refractivity contribution in [3.63, 3.8) is 0 Å². The van der Waals surface area contributed by atoms with E-state index in [-0.39, 0.29) is 10.7 Å². The second-order valence-corrected chi connectivity index (χ2v) is 4.84. The molecule has 1 rings (SSSR count). The molecule has 0 aliphatic heterocycles. The molecule has 1 aromatic rings. The van der Waals surface area contributed by atoms with Gasteiger partial charge in [0.05, 0.1) is 20.5 Å². The van der Waals surface area contributed by atoms with E-state index >= 15 is 0 Å². The standard InChI is InChI=1S/C10H13ClN2O2S/c1-2-3-4-16-10-6-8(12)7(11)5-9(10)13(14)15/h5-6H,2-4,12H2,1H3. The first kappa shape index (κ1) is 13.1. The number of unbranched alkanes of at least 4 members (excludes halogenated alkanes) is 1. The number of hydrogen-bond donors (Lipinski definition) is 1. The van der Waals surface area contributed by atoms with Crippen LogP contribution in [-0.2, 0) is 0 Å². The van der Waals surface area contributed by atoms with E-state index in [4.69, 9.17) is 17.3 Å². The van der Waals surface area contributed by atoms with Crippen LogP contribution in [0.4, 0.5) is 11.4 Å². The Morgan fingerprint density at radius 2 is 2.25 bits per heavy atom. The van der Waals surface area contributed by atoms with Crippen molar-refractivity contribution in [2.24, 2.45) is 0 Å². The fraction of sp³-hybridized carbons (Fsp3) is 0.400. The fourth-order valence-electron chi connectivity index (χ4n) is 1.14. The molecule has 0 atom stereocenters. The van der Waals surface area contributed by atoms with Crippen molar-refractivity contribution in [3.8, 4) is 0 Å². The lowest BCUT2D eigenvalue weighted by atomic mass is 10.3. The third kappa shape index (κ3) is 3.28. The Hall–Kier alpha value is -0.940. The summed E-state index contributed by atoms with van der Waals surface area (Å²) in [5, 5.41) is 11.0. The van der Waals surface area contributed by atoms with Gasteiger partial charge < -0.3 is 5.73 Å². The van der Waals surface area contributed by atoms with Crippen molar-refractivity contribution >= 4 is 34.7 Å². The number of rotatable bonds is 5. The molecule has 0 fully saturated rings. The van der Waals surface area contributed by atoms with E-state index in [1.54, 1.807) is 6.07 Å². The second-order valence-electron chi connectivity index (χ2n) is 3.30. The molecule has 6 heteroatoms. The fourth-order valence-corrected chi connectivity index (χ4v) is 2.45. The molecule has 0 saturated heterocycles. The monoisotopic (exact) mass is 260 g/mol. The molecular formula is C10H13ClN2O2S. The molecule has 0 aliphatic rings. The van der Waals surface area contributed by atoms with Gasteiger partial charge in [0.2, 0.25) is 0 Å². The van der Waals surface area contributed by atoms with Gasteiger partial charge in [0.15, 0.2) is 0 Å². The number of anilines is 1. The summed E-state index contributed by atoms with van der Waals surface area (Å²) in [4.78, 5) is 11.0.